The van der Waals surface area contributed by atoms with E-state index < -0.39 is 18.0 Å². The van der Waals surface area contributed by atoms with Crippen LogP contribution in [0.25, 0.3) is 0 Å². The molecule has 0 aromatic heterocycles. The summed E-state index contributed by atoms with van der Waals surface area (Å²) in [4.78, 5) is 19.7. The van der Waals surface area contributed by atoms with Crippen LogP contribution in [0.2, 0.25) is 0 Å². The molecule has 0 bridgehead atoms. The molecule has 96 valence electrons. The summed E-state index contributed by atoms with van der Waals surface area (Å²) in [6.45, 7) is 2.44. The van der Waals surface area contributed by atoms with Gasteiger partial charge in [0.1, 0.15) is 6.04 Å². The molecule has 0 aromatic rings. The second kappa shape index (κ2) is 11.9. The van der Waals surface area contributed by atoms with Gasteiger partial charge >= 0.3 is 11.9 Å². The van der Waals surface area contributed by atoms with E-state index in [0.29, 0.717) is 19.4 Å². The molecule has 0 rings (SSSR count). The highest BCUT2D eigenvalue weighted by Crippen LogP contribution is 1.96. The van der Waals surface area contributed by atoms with Crippen molar-refractivity contribution < 1.29 is 19.8 Å². The van der Waals surface area contributed by atoms with Crippen molar-refractivity contribution in [2.24, 2.45) is 11.5 Å². The molecular formula is C10H22N2O4. The first-order valence-electron chi connectivity index (χ1n) is 5.35. The minimum Gasteiger partial charge on any atom is -0.481 e. The van der Waals surface area contributed by atoms with E-state index in [-0.39, 0.29) is 0 Å². The maximum absolute atomic E-state index is 10.1. The van der Waals surface area contributed by atoms with Gasteiger partial charge in [-0.05, 0) is 25.8 Å². The van der Waals surface area contributed by atoms with Crippen molar-refractivity contribution in [3.63, 3.8) is 0 Å². The summed E-state index contributed by atoms with van der Waals surface area (Å²) in [5, 5.41) is 16.2. The molecule has 0 aromatic carbocycles. The molecule has 1 atom stereocenters. The van der Waals surface area contributed by atoms with Crippen molar-refractivity contribution in [2.75, 3.05) is 6.54 Å². The van der Waals surface area contributed by atoms with Crippen molar-refractivity contribution in [2.45, 2.75) is 45.1 Å². The largest absolute Gasteiger partial charge is 0.481 e. The van der Waals surface area contributed by atoms with Crippen LogP contribution in [-0.4, -0.2) is 34.7 Å². The lowest BCUT2D eigenvalue weighted by atomic mass is 10.1. The van der Waals surface area contributed by atoms with Gasteiger partial charge in [-0.1, -0.05) is 13.3 Å². The Bertz CT molecular complexity index is 197. The van der Waals surface area contributed by atoms with E-state index in [0.717, 1.165) is 19.3 Å². The minimum absolute atomic E-state index is 0.292. The summed E-state index contributed by atoms with van der Waals surface area (Å²) < 4.78 is 0. The number of aliphatic carboxylic acids is 2. The zero-order chi connectivity index (χ0) is 13.0. The minimum atomic E-state index is -0.933. The van der Waals surface area contributed by atoms with Crippen molar-refractivity contribution in [3.05, 3.63) is 0 Å². The normalized spacial score (nSPS) is 11.2. The molecule has 0 fully saturated rings. The van der Waals surface area contributed by atoms with Gasteiger partial charge in [-0.15, -0.1) is 0 Å². The highest BCUT2D eigenvalue weighted by molar-refractivity contribution is 5.72. The molecule has 0 aliphatic heterocycles. The quantitative estimate of drug-likeness (QED) is 0.472. The molecule has 0 heterocycles. The Morgan fingerprint density at radius 1 is 1.25 bits per heavy atom. The topological polar surface area (TPSA) is 127 Å². The Balaban J connectivity index is 0. The monoisotopic (exact) mass is 234 g/mol. The molecule has 6 N–H and O–H groups in total. The highest BCUT2D eigenvalue weighted by atomic mass is 16.4. The van der Waals surface area contributed by atoms with E-state index in [1.54, 1.807) is 0 Å². The van der Waals surface area contributed by atoms with Gasteiger partial charge in [0.25, 0.3) is 0 Å². The van der Waals surface area contributed by atoms with Gasteiger partial charge in [0.15, 0.2) is 0 Å². The summed E-state index contributed by atoms with van der Waals surface area (Å²) in [6.07, 6.45) is 3.19. The predicted molar refractivity (Wildman–Crippen MR) is 61.1 cm³/mol. The number of carboxylic acids is 2. The van der Waals surface area contributed by atoms with E-state index in [2.05, 4.69) is 0 Å². The van der Waals surface area contributed by atoms with Gasteiger partial charge in [0.05, 0.1) is 0 Å². The average Bonchev–Trinajstić information content (AvgIpc) is 2.18. The number of carbonyl (C=O) groups is 2. The second-order valence-electron chi connectivity index (χ2n) is 3.37. The number of rotatable bonds is 7. The van der Waals surface area contributed by atoms with E-state index in [4.69, 9.17) is 21.7 Å². The van der Waals surface area contributed by atoms with Gasteiger partial charge in [-0.2, -0.15) is 0 Å². The molecule has 6 heteroatoms. The summed E-state index contributed by atoms with van der Waals surface area (Å²) in [7, 11) is 0. The van der Waals surface area contributed by atoms with Crippen molar-refractivity contribution in [3.8, 4) is 0 Å². The fraction of sp³-hybridized carbons (Fsp3) is 0.800. The second-order valence-corrected chi connectivity index (χ2v) is 3.37. The van der Waals surface area contributed by atoms with Crippen molar-refractivity contribution >= 4 is 11.9 Å². The first-order chi connectivity index (χ1) is 7.45. The lowest BCUT2D eigenvalue weighted by Crippen LogP contribution is -2.29. The van der Waals surface area contributed by atoms with Crippen LogP contribution in [0.5, 0.6) is 0 Å². The Hall–Kier alpha value is -1.14. The van der Waals surface area contributed by atoms with Crippen molar-refractivity contribution in [1.29, 1.82) is 0 Å². The van der Waals surface area contributed by atoms with Crippen LogP contribution in [0.3, 0.4) is 0 Å². The molecule has 0 unspecified atom stereocenters. The maximum atomic E-state index is 10.1. The Labute approximate surface area is 95.6 Å². The van der Waals surface area contributed by atoms with Gasteiger partial charge in [0, 0.05) is 6.42 Å². The summed E-state index contributed by atoms with van der Waals surface area (Å²) in [5.41, 5.74) is 10.4. The molecule has 0 saturated carbocycles. The number of nitrogens with two attached hydrogens (primary N) is 2. The first kappa shape index (κ1) is 17.3. The molecule has 0 aliphatic rings. The van der Waals surface area contributed by atoms with Gasteiger partial charge in [-0.3, -0.25) is 9.59 Å². The van der Waals surface area contributed by atoms with E-state index in [1.807, 2.05) is 6.92 Å². The van der Waals surface area contributed by atoms with E-state index >= 15 is 0 Å². The number of hydrogen-bond acceptors (Lipinski definition) is 4. The Morgan fingerprint density at radius 3 is 2.06 bits per heavy atom. The fourth-order valence-electron chi connectivity index (χ4n) is 0.846. The Kier molecular flexibility index (Phi) is 12.9. The smallest absolute Gasteiger partial charge is 0.320 e. The van der Waals surface area contributed by atoms with Gasteiger partial charge < -0.3 is 21.7 Å². The van der Waals surface area contributed by atoms with Gasteiger partial charge in [-0.25, -0.2) is 0 Å². The molecular weight excluding hydrogens is 212 g/mol. The molecule has 16 heavy (non-hydrogen) atoms. The van der Waals surface area contributed by atoms with Crippen LogP contribution in [0.1, 0.15) is 39.0 Å². The summed E-state index contributed by atoms with van der Waals surface area (Å²) in [5.74, 6) is -1.64. The first-order valence-corrected chi connectivity index (χ1v) is 5.35. The highest BCUT2D eigenvalue weighted by Gasteiger charge is 2.09. The average molecular weight is 234 g/mol. The lowest BCUT2D eigenvalue weighted by molar-refractivity contribution is -0.139. The predicted octanol–water partition coefficient (Wildman–Crippen LogP) is 0.398. The third-order valence-corrected chi connectivity index (χ3v) is 1.75. The number of hydrogen-bond donors (Lipinski definition) is 4. The standard InChI is InChI=1S/C6H14N2O2.C4H8O2/c7-4-2-1-3-5(8)6(9)10;1-2-3-4(5)6/h5H,1-4,7-8H2,(H,9,10);2-3H2,1H3,(H,5,6)/t5-;/m0./s1. The van der Waals surface area contributed by atoms with E-state index in [1.165, 1.54) is 0 Å². The fourth-order valence-corrected chi connectivity index (χ4v) is 0.846. The summed E-state index contributed by atoms with van der Waals surface area (Å²) in [6, 6.07) is -0.716. The van der Waals surface area contributed by atoms with E-state index in [9.17, 15) is 9.59 Å². The zero-order valence-corrected chi connectivity index (χ0v) is 9.69. The van der Waals surface area contributed by atoms with Crippen LogP contribution < -0.4 is 11.5 Å². The number of carboxylic acid groups (broad SMARTS) is 2. The molecule has 6 nitrogen and oxygen atoms in total. The third-order valence-electron chi connectivity index (χ3n) is 1.75. The Morgan fingerprint density at radius 2 is 1.81 bits per heavy atom. The maximum Gasteiger partial charge on any atom is 0.320 e. The van der Waals surface area contributed by atoms with Gasteiger partial charge in [0.2, 0.25) is 0 Å². The summed E-state index contributed by atoms with van der Waals surface area (Å²) >= 11 is 0. The zero-order valence-electron chi connectivity index (χ0n) is 9.69. The third kappa shape index (κ3) is 15.3. The molecule has 0 saturated heterocycles. The van der Waals surface area contributed by atoms with Crippen LogP contribution >= 0.6 is 0 Å². The molecule has 0 aliphatic carbocycles. The molecule has 0 radical (unpaired) electrons. The van der Waals surface area contributed by atoms with Crippen molar-refractivity contribution in [1.82, 2.24) is 0 Å². The van der Waals surface area contributed by atoms with Crippen LogP contribution in [0.4, 0.5) is 0 Å². The number of unbranched alkanes of at least 4 members (excludes halogenated alkanes) is 1. The molecule has 0 spiro atoms. The lowest BCUT2D eigenvalue weighted by Gasteiger charge is -2.03. The van der Waals surface area contributed by atoms with Crippen LogP contribution in [-0.2, 0) is 9.59 Å². The van der Waals surface area contributed by atoms with Crippen LogP contribution in [0, 0.1) is 0 Å². The SMILES string of the molecule is CCCC(=O)O.NCCCC[C@H](N)C(=O)O. The van der Waals surface area contributed by atoms with Crippen LogP contribution in [0.15, 0.2) is 0 Å². The molecule has 0 amide bonds.